The first kappa shape index (κ1) is 25.7. The summed E-state index contributed by atoms with van der Waals surface area (Å²) in [5, 5.41) is 2.79. The lowest BCUT2D eigenvalue weighted by Gasteiger charge is -2.29. The third-order valence-electron chi connectivity index (χ3n) is 6.01. The van der Waals surface area contributed by atoms with Crippen molar-refractivity contribution in [1.82, 2.24) is 10.3 Å². The molecular weight excluding hydrogens is 505 g/mol. The van der Waals surface area contributed by atoms with Crippen LogP contribution in [0.15, 0.2) is 83.4 Å². The van der Waals surface area contributed by atoms with Crippen LogP contribution in [0.3, 0.4) is 0 Å². The number of nitrogens with zero attached hydrogens (tertiary/aromatic N) is 2. The van der Waals surface area contributed by atoms with E-state index in [0.29, 0.717) is 30.2 Å². The molecule has 0 radical (unpaired) electrons. The molecule has 0 unspecified atom stereocenters. The average Bonchev–Trinajstić information content (AvgIpc) is 3.43. The highest BCUT2D eigenvalue weighted by Crippen LogP contribution is 2.34. The van der Waals surface area contributed by atoms with Gasteiger partial charge in [0.25, 0.3) is 11.8 Å². The van der Waals surface area contributed by atoms with Gasteiger partial charge in [0.15, 0.2) is 36.3 Å². The number of para-hydroxylation sites is 1. The fourth-order valence-electron chi connectivity index (χ4n) is 4.02. The van der Waals surface area contributed by atoms with E-state index >= 15 is 0 Å². The van der Waals surface area contributed by atoms with Gasteiger partial charge in [0.1, 0.15) is 11.5 Å². The molecule has 0 spiro atoms. The maximum absolute atomic E-state index is 13.8. The number of hydrogen-bond donors (Lipinski definition) is 1. The van der Waals surface area contributed by atoms with Crippen LogP contribution < -0.4 is 19.7 Å². The number of rotatable bonds is 10. The summed E-state index contributed by atoms with van der Waals surface area (Å²) >= 11 is 0. The number of halogens is 1. The molecule has 10 heteroatoms. The largest absolute Gasteiger partial charge is 0.482 e. The molecule has 3 heterocycles. The lowest BCUT2D eigenvalue weighted by atomic mass is 10.1. The molecule has 5 rings (SSSR count). The van der Waals surface area contributed by atoms with Crippen molar-refractivity contribution in [2.45, 2.75) is 13.0 Å². The van der Waals surface area contributed by atoms with E-state index in [1.54, 1.807) is 30.5 Å². The molecule has 0 bridgehead atoms. The number of aromatic nitrogens is 1. The number of carbonyl (C=O) groups is 3. The summed E-state index contributed by atoms with van der Waals surface area (Å²) in [6.07, 6.45) is 2.27. The average molecular weight is 530 g/mol. The van der Waals surface area contributed by atoms with Crippen molar-refractivity contribution in [3.8, 4) is 11.5 Å². The van der Waals surface area contributed by atoms with Gasteiger partial charge in [-0.3, -0.25) is 24.3 Å². The Kier molecular flexibility index (Phi) is 7.63. The van der Waals surface area contributed by atoms with E-state index in [-0.39, 0.29) is 48.6 Å². The van der Waals surface area contributed by atoms with E-state index in [2.05, 4.69) is 10.3 Å². The van der Waals surface area contributed by atoms with Gasteiger partial charge in [-0.05, 0) is 54.6 Å². The number of fused-ring (bicyclic) bond motifs is 1. The van der Waals surface area contributed by atoms with E-state index in [9.17, 15) is 18.8 Å². The maximum atomic E-state index is 13.8. The minimum absolute atomic E-state index is 0.0276. The number of furan rings is 1. The molecule has 2 aromatic carbocycles. The second kappa shape index (κ2) is 11.6. The summed E-state index contributed by atoms with van der Waals surface area (Å²) in [6.45, 7) is -0.151. The van der Waals surface area contributed by atoms with E-state index < -0.39 is 11.6 Å². The number of amides is 2. The number of ether oxygens (including phenoxy) is 2. The number of carbonyl (C=O) groups excluding carboxylic acids is 3. The Bertz CT molecular complexity index is 1500. The Hall–Kier alpha value is -4.99. The second-order valence-electron chi connectivity index (χ2n) is 8.69. The van der Waals surface area contributed by atoms with Crippen molar-refractivity contribution in [1.29, 1.82) is 0 Å². The Morgan fingerprint density at radius 3 is 2.72 bits per heavy atom. The van der Waals surface area contributed by atoms with Gasteiger partial charge >= 0.3 is 0 Å². The number of pyridine rings is 1. The van der Waals surface area contributed by atoms with Crippen molar-refractivity contribution < 1.29 is 32.7 Å². The molecule has 198 valence electrons. The van der Waals surface area contributed by atoms with Crippen molar-refractivity contribution in [2.24, 2.45) is 0 Å². The zero-order chi connectivity index (χ0) is 27.2. The minimum Gasteiger partial charge on any atom is -0.482 e. The van der Waals surface area contributed by atoms with Crippen molar-refractivity contribution in [3.05, 3.63) is 108 Å². The first-order valence-electron chi connectivity index (χ1n) is 12.2. The predicted molar refractivity (Wildman–Crippen MR) is 138 cm³/mol. The molecule has 39 heavy (non-hydrogen) atoms. The second-order valence-corrected chi connectivity index (χ2v) is 8.69. The maximum Gasteiger partial charge on any atom is 0.287 e. The Labute approximate surface area is 223 Å². The Morgan fingerprint density at radius 1 is 1.05 bits per heavy atom. The van der Waals surface area contributed by atoms with Crippen molar-refractivity contribution in [2.75, 3.05) is 24.7 Å². The third-order valence-corrected chi connectivity index (χ3v) is 6.01. The SMILES string of the molecule is O=C(COc1ccccc1F)c1ccc2c(c1)N(Cc1ccc(C(=O)NCCc3ccccn3)o1)C(=O)CO2. The number of benzene rings is 2. The van der Waals surface area contributed by atoms with Crippen LogP contribution in [-0.2, 0) is 17.8 Å². The first-order chi connectivity index (χ1) is 19.0. The van der Waals surface area contributed by atoms with Crippen LogP contribution in [0.1, 0.15) is 32.4 Å². The summed E-state index contributed by atoms with van der Waals surface area (Å²) in [7, 11) is 0. The Balaban J connectivity index is 1.24. The van der Waals surface area contributed by atoms with E-state index in [4.69, 9.17) is 13.9 Å². The number of Topliss-reactive ketones (excluding diaryl/α,β-unsaturated/α-hetero) is 1. The van der Waals surface area contributed by atoms with Gasteiger partial charge in [-0.1, -0.05) is 18.2 Å². The molecule has 1 aliphatic rings. The predicted octanol–water partition coefficient (Wildman–Crippen LogP) is 3.97. The smallest absolute Gasteiger partial charge is 0.287 e. The molecule has 1 aliphatic heterocycles. The van der Waals surface area contributed by atoms with Crippen LogP contribution in [0.25, 0.3) is 0 Å². The molecule has 0 fully saturated rings. The van der Waals surface area contributed by atoms with Gasteiger partial charge in [0, 0.05) is 30.4 Å². The van der Waals surface area contributed by atoms with Crippen LogP contribution in [0.5, 0.6) is 11.5 Å². The number of anilines is 1. The monoisotopic (exact) mass is 529 g/mol. The Morgan fingerprint density at radius 2 is 1.90 bits per heavy atom. The highest BCUT2D eigenvalue weighted by Gasteiger charge is 2.28. The zero-order valence-electron chi connectivity index (χ0n) is 20.8. The van der Waals surface area contributed by atoms with Gasteiger partial charge in [-0.25, -0.2) is 4.39 Å². The third kappa shape index (κ3) is 6.12. The zero-order valence-corrected chi connectivity index (χ0v) is 20.8. The lowest BCUT2D eigenvalue weighted by molar-refractivity contribution is -0.121. The molecule has 1 N–H and O–H groups in total. The van der Waals surface area contributed by atoms with Gasteiger partial charge in [-0.2, -0.15) is 0 Å². The van der Waals surface area contributed by atoms with Gasteiger partial charge in [0.2, 0.25) is 0 Å². The molecule has 0 saturated heterocycles. The van der Waals surface area contributed by atoms with Crippen molar-refractivity contribution in [3.63, 3.8) is 0 Å². The molecule has 2 aromatic heterocycles. The fourth-order valence-corrected chi connectivity index (χ4v) is 4.02. The molecule has 2 amide bonds. The lowest BCUT2D eigenvalue weighted by Crippen LogP contribution is -2.38. The highest BCUT2D eigenvalue weighted by molar-refractivity contribution is 6.02. The van der Waals surface area contributed by atoms with Crippen LogP contribution in [-0.4, -0.2) is 42.3 Å². The summed E-state index contributed by atoms with van der Waals surface area (Å²) in [4.78, 5) is 43.6. The standard InChI is InChI=1S/C29H24FN3O6/c30-22-6-1-2-7-25(22)37-17-24(34)19-8-10-26-23(15-19)33(28(35)18-38-26)16-21-9-11-27(39-21)29(36)32-14-12-20-5-3-4-13-31-20/h1-11,13,15H,12,14,16-18H2,(H,32,36). The summed E-state index contributed by atoms with van der Waals surface area (Å²) in [5.41, 5.74) is 1.50. The molecule has 9 nitrogen and oxygen atoms in total. The summed E-state index contributed by atoms with van der Waals surface area (Å²) < 4.78 is 30.4. The van der Waals surface area contributed by atoms with Gasteiger partial charge in [-0.15, -0.1) is 0 Å². The molecule has 0 aliphatic carbocycles. The number of ketones is 1. The summed E-state index contributed by atoms with van der Waals surface area (Å²) in [5.74, 6) is -0.811. The molecule has 4 aromatic rings. The fraction of sp³-hybridized carbons (Fsp3) is 0.172. The van der Waals surface area contributed by atoms with Crippen LogP contribution in [0.4, 0.5) is 10.1 Å². The van der Waals surface area contributed by atoms with E-state index in [1.807, 2.05) is 18.2 Å². The van der Waals surface area contributed by atoms with Crippen molar-refractivity contribution >= 4 is 23.3 Å². The molecule has 0 saturated carbocycles. The summed E-state index contributed by atoms with van der Waals surface area (Å²) in [6, 6.07) is 19.2. The topological polar surface area (TPSA) is 111 Å². The molecule has 0 atom stereocenters. The normalized spacial score (nSPS) is 12.4. The molecular formula is C29H24FN3O6. The first-order valence-corrected chi connectivity index (χ1v) is 12.2. The van der Waals surface area contributed by atoms with Gasteiger partial charge in [0.05, 0.1) is 12.2 Å². The van der Waals surface area contributed by atoms with Crippen LogP contribution in [0.2, 0.25) is 0 Å². The van der Waals surface area contributed by atoms with Crippen LogP contribution in [0, 0.1) is 5.82 Å². The number of nitrogens with one attached hydrogen (secondary N) is 1. The van der Waals surface area contributed by atoms with E-state index in [0.717, 1.165) is 5.69 Å². The minimum atomic E-state index is -0.569. The number of hydrogen-bond acceptors (Lipinski definition) is 7. The van der Waals surface area contributed by atoms with E-state index in [1.165, 1.54) is 35.2 Å². The van der Waals surface area contributed by atoms with Gasteiger partial charge < -0.3 is 19.2 Å². The van der Waals surface area contributed by atoms with Crippen LogP contribution >= 0.6 is 0 Å². The highest BCUT2D eigenvalue weighted by atomic mass is 19.1. The quantitative estimate of drug-likeness (QED) is 0.310.